The highest BCUT2D eigenvalue weighted by Crippen LogP contribution is 2.40. The summed E-state index contributed by atoms with van der Waals surface area (Å²) in [5.41, 5.74) is 2.02. The molecule has 0 saturated heterocycles. The minimum Gasteiger partial charge on any atom is -0.493 e. The predicted octanol–water partition coefficient (Wildman–Crippen LogP) is 5.39. The molecule has 156 valence electrons. The van der Waals surface area contributed by atoms with Crippen molar-refractivity contribution in [1.29, 1.82) is 0 Å². The van der Waals surface area contributed by atoms with Crippen LogP contribution >= 0.6 is 15.9 Å². The molecule has 0 spiro atoms. The van der Waals surface area contributed by atoms with Crippen molar-refractivity contribution in [1.82, 2.24) is 4.57 Å². The fraction of sp³-hybridized carbons (Fsp3) is 0.318. The Morgan fingerprint density at radius 3 is 2.70 bits per heavy atom. The third kappa shape index (κ3) is 3.67. The Bertz CT molecular complexity index is 1180. The third-order valence-corrected chi connectivity index (χ3v) is 5.59. The van der Waals surface area contributed by atoms with Gasteiger partial charge < -0.3 is 19.1 Å². The second-order valence-corrected chi connectivity index (χ2v) is 9.18. The Hall–Kier alpha value is -2.87. The number of ether oxygens (including phenoxy) is 2. The van der Waals surface area contributed by atoms with Crippen molar-refractivity contribution in [2.24, 2.45) is 17.3 Å². The van der Waals surface area contributed by atoms with Crippen molar-refractivity contribution in [3.63, 3.8) is 0 Å². The summed E-state index contributed by atoms with van der Waals surface area (Å²) in [4.78, 5) is 12.6. The fourth-order valence-corrected chi connectivity index (χ4v) is 3.67. The zero-order chi connectivity index (χ0) is 21.6. The highest BCUT2D eigenvalue weighted by molar-refractivity contribution is 9.10. The van der Waals surface area contributed by atoms with E-state index in [1.807, 2.05) is 36.4 Å². The number of amides is 1. The molecule has 1 N–H and O–H groups in total. The molecule has 8 heteroatoms. The summed E-state index contributed by atoms with van der Waals surface area (Å²) >= 11 is 3.41. The topological polar surface area (TPSA) is 85.4 Å². The average Bonchev–Trinajstić information content (AvgIpc) is 2.94. The third-order valence-electron chi connectivity index (χ3n) is 5.10. The standard InChI is InChI=1S/C22H22BrN3O4/c1-22(2,3)12-5-8-16-17(9-12)30-18(11-29-16)20(27)25-24-19-14-10-13(23)6-7-15(14)26(4)21(19)28/h5-10,18,28H,11H2,1-4H3. The Balaban J connectivity index is 1.59. The number of aromatic hydroxyl groups is 1. The number of rotatable bonds is 2. The van der Waals surface area contributed by atoms with Crippen LogP contribution in [0.25, 0.3) is 10.9 Å². The molecule has 0 aliphatic carbocycles. The molecule has 1 unspecified atom stereocenters. The van der Waals surface area contributed by atoms with E-state index in [9.17, 15) is 9.90 Å². The first kappa shape index (κ1) is 20.4. The zero-order valence-corrected chi connectivity index (χ0v) is 18.7. The quantitative estimate of drug-likeness (QED) is 0.507. The molecular formula is C22H22BrN3O4. The number of nitrogens with zero attached hydrogens (tertiary/aromatic N) is 3. The molecule has 0 radical (unpaired) electrons. The summed E-state index contributed by atoms with van der Waals surface area (Å²) in [5.74, 6) is 0.466. The van der Waals surface area contributed by atoms with Gasteiger partial charge in [-0.2, -0.15) is 0 Å². The zero-order valence-electron chi connectivity index (χ0n) is 17.1. The van der Waals surface area contributed by atoms with Gasteiger partial charge in [-0.25, -0.2) is 0 Å². The SMILES string of the molecule is Cn1c(O)c(N=NC(=O)C2COc3ccc(C(C)(C)C)cc3O2)c2cc(Br)ccc21. The Morgan fingerprint density at radius 2 is 1.97 bits per heavy atom. The van der Waals surface area contributed by atoms with E-state index in [1.165, 1.54) is 0 Å². The normalized spacial score (nSPS) is 16.4. The molecule has 1 amide bonds. The molecule has 3 aromatic rings. The maximum Gasteiger partial charge on any atom is 0.308 e. The van der Waals surface area contributed by atoms with Crippen molar-refractivity contribution < 1.29 is 19.4 Å². The second-order valence-electron chi connectivity index (χ2n) is 8.26. The van der Waals surface area contributed by atoms with Crippen LogP contribution in [0, 0.1) is 0 Å². The van der Waals surface area contributed by atoms with E-state index in [0.717, 1.165) is 15.6 Å². The first-order valence-corrected chi connectivity index (χ1v) is 10.3. The van der Waals surface area contributed by atoms with E-state index in [2.05, 4.69) is 46.9 Å². The van der Waals surface area contributed by atoms with Crippen LogP contribution in [-0.4, -0.2) is 28.3 Å². The van der Waals surface area contributed by atoms with Crippen LogP contribution < -0.4 is 9.47 Å². The number of carbonyl (C=O) groups excluding carboxylic acids is 1. The largest absolute Gasteiger partial charge is 0.493 e. The van der Waals surface area contributed by atoms with Gasteiger partial charge in [-0.15, -0.1) is 10.2 Å². The Kier molecular flexibility index (Phi) is 5.05. The molecule has 0 saturated carbocycles. The molecule has 1 aliphatic rings. The minimum atomic E-state index is -0.902. The van der Waals surface area contributed by atoms with E-state index in [0.29, 0.717) is 16.9 Å². The molecule has 2 heterocycles. The van der Waals surface area contributed by atoms with Gasteiger partial charge in [0.2, 0.25) is 12.0 Å². The molecule has 0 bridgehead atoms. The number of aryl methyl sites for hydroxylation is 1. The average molecular weight is 472 g/mol. The second kappa shape index (κ2) is 7.43. The van der Waals surface area contributed by atoms with Crippen molar-refractivity contribution >= 4 is 38.4 Å². The Morgan fingerprint density at radius 1 is 1.20 bits per heavy atom. The number of hydrogen-bond acceptors (Lipinski definition) is 5. The summed E-state index contributed by atoms with van der Waals surface area (Å²) in [6.07, 6.45) is -0.902. The molecule has 7 nitrogen and oxygen atoms in total. The number of benzene rings is 2. The first-order valence-electron chi connectivity index (χ1n) is 9.51. The summed E-state index contributed by atoms with van der Waals surface area (Å²) in [7, 11) is 1.72. The first-order chi connectivity index (χ1) is 14.1. The van der Waals surface area contributed by atoms with Crippen LogP contribution in [0.3, 0.4) is 0 Å². The number of carbonyl (C=O) groups is 1. The lowest BCUT2D eigenvalue weighted by atomic mass is 9.87. The summed E-state index contributed by atoms with van der Waals surface area (Å²) in [6.45, 7) is 6.35. The number of halogens is 1. The smallest absolute Gasteiger partial charge is 0.308 e. The molecule has 1 aliphatic heterocycles. The van der Waals surface area contributed by atoms with E-state index in [-0.39, 0.29) is 23.6 Å². The number of hydrogen-bond donors (Lipinski definition) is 1. The lowest BCUT2D eigenvalue weighted by molar-refractivity contribution is -0.127. The molecule has 30 heavy (non-hydrogen) atoms. The summed E-state index contributed by atoms with van der Waals surface area (Å²) < 4.78 is 14.0. The van der Waals surface area contributed by atoms with Gasteiger partial charge in [0.25, 0.3) is 0 Å². The van der Waals surface area contributed by atoms with Gasteiger partial charge in [0, 0.05) is 16.9 Å². The highest BCUT2D eigenvalue weighted by Gasteiger charge is 2.29. The number of fused-ring (bicyclic) bond motifs is 2. The van der Waals surface area contributed by atoms with Gasteiger partial charge in [-0.1, -0.05) is 42.8 Å². The van der Waals surface area contributed by atoms with Crippen LogP contribution in [-0.2, 0) is 17.3 Å². The fourth-order valence-electron chi connectivity index (χ4n) is 3.31. The van der Waals surface area contributed by atoms with Crippen molar-refractivity contribution in [2.75, 3.05) is 6.61 Å². The van der Waals surface area contributed by atoms with Gasteiger partial charge in [0.15, 0.2) is 17.2 Å². The van der Waals surface area contributed by atoms with Crippen LogP contribution in [0.15, 0.2) is 51.1 Å². The van der Waals surface area contributed by atoms with Gasteiger partial charge in [-0.3, -0.25) is 4.79 Å². The van der Waals surface area contributed by atoms with Gasteiger partial charge in [-0.05, 0) is 41.3 Å². The van der Waals surface area contributed by atoms with E-state index in [4.69, 9.17) is 9.47 Å². The summed E-state index contributed by atoms with van der Waals surface area (Å²) in [5, 5.41) is 18.9. The van der Waals surface area contributed by atoms with E-state index < -0.39 is 12.0 Å². The molecule has 1 aromatic heterocycles. The molecule has 2 aromatic carbocycles. The van der Waals surface area contributed by atoms with Crippen molar-refractivity contribution in [3.8, 4) is 17.4 Å². The summed E-state index contributed by atoms with van der Waals surface area (Å²) in [6, 6.07) is 11.3. The molecule has 4 rings (SSSR count). The molecular weight excluding hydrogens is 450 g/mol. The van der Waals surface area contributed by atoms with Gasteiger partial charge in [0.1, 0.15) is 6.61 Å². The monoisotopic (exact) mass is 471 g/mol. The lowest BCUT2D eigenvalue weighted by Gasteiger charge is -2.27. The molecule has 0 fully saturated rings. The predicted molar refractivity (Wildman–Crippen MR) is 117 cm³/mol. The maximum atomic E-state index is 12.6. The van der Waals surface area contributed by atoms with E-state index in [1.54, 1.807) is 11.6 Å². The Labute approximate surface area is 182 Å². The lowest BCUT2D eigenvalue weighted by Crippen LogP contribution is -2.35. The van der Waals surface area contributed by atoms with Crippen LogP contribution in [0.4, 0.5) is 5.69 Å². The van der Waals surface area contributed by atoms with Crippen LogP contribution in [0.1, 0.15) is 26.3 Å². The van der Waals surface area contributed by atoms with Crippen LogP contribution in [0.2, 0.25) is 0 Å². The maximum absolute atomic E-state index is 12.6. The number of aromatic nitrogens is 1. The van der Waals surface area contributed by atoms with Gasteiger partial charge in [0.05, 0.1) is 5.52 Å². The van der Waals surface area contributed by atoms with Gasteiger partial charge >= 0.3 is 5.91 Å². The molecule has 1 atom stereocenters. The van der Waals surface area contributed by atoms with Crippen molar-refractivity contribution in [2.45, 2.75) is 32.3 Å². The van der Waals surface area contributed by atoms with Crippen molar-refractivity contribution in [3.05, 3.63) is 46.4 Å². The number of azo groups is 1. The van der Waals surface area contributed by atoms with Crippen LogP contribution in [0.5, 0.6) is 17.4 Å². The van der Waals surface area contributed by atoms with E-state index >= 15 is 0 Å². The highest BCUT2D eigenvalue weighted by atomic mass is 79.9. The minimum absolute atomic E-state index is 0.0484.